The maximum atomic E-state index is 13.8. The minimum absolute atomic E-state index is 0.100. The lowest BCUT2D eigenvalue weighted by Crippen LogP contribution is -2.54. The maximum absolute atomic E-state index is 13.8. The van der Waals surface area contributed by atoms with Crippen LogP contribution in [0, 0.1) is 0 Å². The van der Waals surface area contributed by atoms with Gasteiger partial charge in [0.25, 0.3) is 5.91 Å². The summed E-state index contributed by atoms with van der Waals surface area (Å²) in [4.78, 5) is 32.1. The molecule has 0 aromatic heterocycles. The van der Waals surface area contributed by atoms with Gasteiger partial charge in [-0.3, -0.25) is 14.5 Å². The summed E-state index contributed by atoms with van der Waals surface area (Å²) in [5.74, 6) is -0.215. The fourth-order valence-corrected chi connectivity index (χ4v) is 5.79. The molecule has 12 heteroatoms. The minimum atomic E-state index is -4.93. The monoisotopic (exact) mass is 618 g/mol. The Hall–Kier alpha value is -3.90. The summed E-state index contributed by atoms with van der Waals surface area (Å²) >= 11 is 0. The molecule has 5 rings (SSSR count). The van der Waals surface area contributed by atoms with Gasteiger partial charge in [0.1, 0.15) is 0 Å². The topological polar surface area (TPSA) is 55.9 Å². The van der Waals surface area contributed by atoms with Crippen molar-refractivity contribution in [1.82, 2.24) is 20.0 Å². The van der Waals surface area contributed by atoms with E-state index in [1.165, 1.54) is 0 Å². The molecule has 2 aliphatic heterocycles. The van der Waals surface area contributed by atoms with Crippen LogP contribution in [-0.2, 0) is 30.2 Å². The van der Waals surface area contributed by atoms with Crippen LogP contribution in [0.1, 0.15) is 39.0 Å². The number of carbonyl (C=O) groups excluding carboxylic acids is 2. The van der Waals surface area contributed by atoms with Crippen LogP contribution < -0.4 is 5.32 Å². The van der Waals surface area contributed by atoms with Crippen molar-refractivity contribution in [2.24, 2.45) is 0 Å². The van der Waals surface area contributed by atoms with Crippen molar-refractivity contribution in [3.8, 4) is 0 Å². The second kappa shape index (κ2) is 13.0. The average molecular weight is 619 g/mol. The number of benzene rings is 3. The fraction of sp³-hybridized carbons (Fsp3) is 0.375. The molecule has 2 amide bonds. The molecular weight excluding hydrogens is 586 g/mol. The van der Waals surface area contributed by atoms with E-state index >= 15 is 0 Å². The van der Waals surface area contributed by atoms with Gasteiger partial charge in [0.2, 0.25) is 5.91 Å². The number of carbonyl (C=O) groups is 2. The van der Waals surface area contributed by atoms with Crippen LogP contribution in [0.2, 0.25) is 0 Å². The van der Waals surface area contributed by atoms with Gasteiger partial charge in [0.15, 0.2) is 0 Å². The molecule has 3 aromatic rings. The number of nitrogens with zero attached hydrogens (tertiary/aromatic N) is 3. The molecular formula is C32H32F6N4O2. The van der Waals surface area contributed by atoms with Crippen molar-refractivity contribution < 1.29 is 35.9 Å². The molecule has 1 N–H and O–H groups in total. The number of halogens is 6. The van der Waals surface area contributed by atoms with Gasteiger partial charge in [-0.15, -0.1) is 0 Å². The second-order valence-corrected chi connectivity index (χ2v) is 11.1. The average Bonchev–Trinajstić information content (AvgIpc) is 3.41. The molecule has 3 aromatic carbocycles. The quantitative estimate of drug-likeness (QED) is 0.359. The Morgan fingerprint density at radius 2 is 1.27 bits per heavy atom. The first kappa shape index (κ1) is 31.5. The molecule has 2 atom stereocenters. The Morgan fingerprint density at radius 3 is 1.84 bits per heavy atom. The Morgan fingerprint density at radius 1 is 0.727 bits per heavy atom. The van der Waals surface area contributed by atoms with Gasteiger partial charge in [-0.05, 0) is 47.9 Å². The number of likely N-dealkylation sites (tertiary alicyclic amines) is 1. The van der Waals surface area contributed by atoms with Gasteiger partial charge >= 0.3 is 12.4 Å². The van der Waals surface area contributed by atoms with Crippen LogP contribution in [-0.4, -0.2) is 71.3 Å². The van der Waals surface area contributed by atoms with Crippen molar-refractivity contribution in [3.63, 3.8) is 0 Å². The number of amides is 2. The van der Waals surface area contributed by atoms with Crippen molar-refractivity contribution in [2.75, 3.05) is 32.7 Å². The van der Waals surface area contributed by atoms with E-state index in [1.54, 1.807) is 34.1 Å². The van der Waals surface area contributed by atoms with E-state index in [9.17, 15) is 35.9 Å². The zero-order valence-electron chi connectivity index (χ0n) is 23.7. The van der Waals surface area contributed by atoms with Crippen molar-refractivity contribution in [3.05, 3.63) is 107 Å². The molecule has 2 aliphatic rings. The minimum Gasteiger partial charge on any atom is -0.338 e. The molecule has 0 bridgehead atoms. The highest BCUT2D eigenvalue weighted by atomic mass is 19.4. The van der Waals surface area contributed by atoms with E-state index in [1.807, 2.05) is 41.3 Å². The number of hydrogen-bond acceptors (Lipinski definition) is 4. The first-order valence-electron chi connectivity index (χ1n) is 14.3. The first-order chi connectivity index (χ1) is 20.9. The van der Waals surface area contributed by atoms with Crippen molar-refractivity contribution >= 4 is 11.8 Å². The summed E-state index contributed by atoms with van der Waals surface area (Å²) in [6, 6.07) is 19.1. The van der Waals surface area contributed by atoms with Crippen LogP contribution >= 0.6 is 0 Å². The number of rotatable bonds is 7. The molecule has 2 unspecified atom stereocenters. The SMILES string of the molecule is O=C(c1ccccc1)N1CCN(C(=O)C2CC(NCc3cc(C(F)(F)F)cc(C(F)(F)F)c3)CN2Cc2ccccc2)CC1. The molecule has 6 nitrogen and oxygen atoms in total. The van der Waals surface area contributed by atoms with Gasteiger partial charge in [-0.1, -0.05) is 48.5 Å². The van der Waals surface area contributed by atoms with E-state index in [2.05, 4.69) is 5.32 Å². The van der Waals surface area contributed by atoms with Crippen molar-refractivity contribution in [2.45, 2.75) is 43.9 Å². The van der Waals surface area contributed by atoms with E-state index in [0.29, 0.717) is 51.3 Å². The normalized spacial score (nSPS) is 19.8. The summed E-state index contributed by atoms with van der Waals surface area (Å²) in [5.41, 5.74) is -1.32. The molecule has 2 fully saturated rings. The van der Waals surface area contributed by atoms with Gasteiger partial charge in [-0.2, -0.15) is 26.3 Å². The molecule has 0 aliphatic carbocycles. The first-order valence-corrected chi connectivity index (χ1v) is 14.3. The zero-order valence-corrected chi connectivity index (χ0v) is 23.7. The predicted octanol–water partition coefficient (Wildman–Crippen LogP) is 5.44. The zero-order chi connectivity index (χ0) is 31.5. The number of hydrogen-bond donors (Lipinski definition) is 1. The number of alkyl halides is 6. The Bertz CT molecular complexity index is 1410. The second-order valence-electron chi connectivity index (χ2n) is 11.1. The standard InChI is InChI=1S/C32H32F6N4O2/c33-31(34,35)25-15-23(16-26(17-25)32(36,37)38)19-39-27-18-28(42(21-27)20-22-7-3-1-4-8-22)30(44)41-13-11-40(12-14-41)29(43)24-9-5-2-6-10-24/h1-10,15-17,27-28,39H,11-14,18-21H2. The van der Waals surface area contributed by atoms with Gasteiger partial charge in [-0.25, -0.2) is 0 Å². The predicted molar refractivity (Wildman–Crippen MR) is 151 cm³/mol. The molecule has 2 heterocycles. The Labute approximate surface area is 251 Å². The van der Waals surface area contributed by atoms with Crippen LogP contribution in [0.15, 0.2) is 78.9 Å². The third-order valence-electron chi connectivity index (χ3n) is 8.06. The molecule has 0 saturated carbocycles. The summed E-state index contributed by atoms with van der Waals surface area (Å²) in [7, 11) is 0. The number of piperazine rings is 1. The lowest BCUT2D eigenvalue weighted by molar-refractivity contribution is -0.143. The van der Waals surface area contributed by atoms with Crippen LogP contribution in [0.5, 0.6) is 0 Å². The molecule has 0 radical (unpaired) electrons. The number of nitrogens with one attached hydrogen (secondary N) is 1. The summed E-state index contributed by atoms with van der Waals surface area (Å²) in [6.07, 6.45) is -9.52. The lowest BCUT2D eigenvalue weighted by Gasteiger charge is -2.37. The summed E-state index contributed by atoms with van der Waals surface area (Å²) in [5, 5.41) is 3.10. The van der Waals surface area contributed by atoms with Crippen LogP contribution in [0.4, 0.5) is 26.3 Å². The summed E-state index contributed by atoms with van der Waals surface area (Å²) in [6.45, 7) is 2.07. The van der Waals surface area contributed by atoms with Gasteiger partial charge in [0, 0.05) is 57.4 Å². The van der Waals surface area contributed by atoms with Crippen LogP contribution in [0.25, 0.3) is 0 Å². The molecule has 44 heavy (non-hydrogen) atoms. The molecule has 0 spiro atoms. The van der Waals surface area contributed by atoms with Gasteiger partial charge < -0.3 is 15.1 Å². The molecule has 2 saturated heterocycles. The van der Waals surface area contributed by atoms with E-state index in [0.717, 1.165) is 17.7 Å². The van der Waals surface area contributed by atoms with E-state index < -0.39 is 29.5 Å². The Kier molecular flexibility index (Phi) is 9.31. The van der Waals surface area contributed by atoms with Crippen molar-refractivity contribution in [1.29, 1.82) is 0 Å². The van der Waals surface area contributed by atoms with Crippen LogP contribution in [0.3, 0.4) is 0 Å². The van der Waals surface area contributed by atoms with E-state index in [4.69, 9.17) is 0 Å². The highest BCUT2D eigenvalue weighted by Crippen LogP contribution is 2.36. The third-order valence-corrected chi connectivity index (χ3v) is 8.06. The largest absolute Gasteiger partial charge is 0.416 e. The Balaban J connectivity index is 1.27. The lowest BCUT2D eigenvalue weighted by atomic mass is 10.0. The summed E-state index contributed by atoms with van der Waals surface area (Å²) < 4.78 is 80.1. The highest BCUT2D eigenvalue weighted by Gasteiger charge is 2.40. The third kappa shape index (κ3) is 7.59. The highest BCUT2D eigenvalue weighted by molar-refractivity contribution is 5.94. The van der Waals surface area contributed by atoms with E-state index in [-0.39, 0.29) is 36.0 Å². The molecule has 234 valence electrons. The fourth-order valence-electron chi connectivity index (χ4n) is 5.79. The maximum Gasteiger partial charge on any atom is 0.416 e. The smallest absolute Gasteiger partial charge is 0.338 e. The van der Waals surface area contributed by atoms with Gasteiger partial charge in [0.05, 0.1) is 17.2 Å².